The van der Waals surface area contributed by atoms with Gasteiger partial charge in [-0.05, 0) is 38.1 Å². The van der Waals surface area contributed by atoms with E-state index in [2.05, 4.69) is 15.4 Å². The number of rotatable bonds is 0. The zero-order valence-electron chi connectivity index (χ0n) is 14.3. The molecule has 0 unspecified atom stereocenters. The molecule has 1 N–H and O–H groups in total. The Morgan fingerprint density at radius 1 is 1.31 bits per heavy atom. The zero-order valence-corrected chi connectivity index (χ0v) is 14.3. The van der Waals surface area contributed by atoms with Crippen molar-refractivity contribution < 1.29 is 18.7 Å². The van der Waals surface area contributed by atoms with E-state index in [1.165, 1.54) is 22.8 Å². The second-order valence-electron chi connectivity index (χ2n) is 6.21. The summed E-state index contributed by atoms with van der Waals surface area (Å²) >= 11 is 0. The maximum absolute atomic E-state index is 13.8. The SMILES string of the molecule is C[C@@H]1Nc2ccn3ncc(c3n2)C(=O)OC[C@H](C)Oc2ccc(F)cc21. The van der Waals surface area contributed by atoms with Crippen LogP contribution >= 0.6 is 0 Å². The van der Waals surface area contributed by atoms with Crippen LogP contribution < -0.4 is 10.1 Å². The van der Waals surface area contributed by atoms with Gasteiger partial charge in [0.1, 0.15) is 35.7 Å². The molecule has 1 aliphatic rings. The number of hydrogen-bond donors (Lipinski definition) is 1. The van der Waals surface area contributed by atoms with Crippen molar-refractivity contribution in [1.82, 2.24) is 14.6 Å². The topological polar surface area (TPSA) is 77.8 Å². The van der Waals surface area contributed by atoms with E-state index >= 15 is 0 Å². The molecule has 0 amide bonds. The molecule has 8 heteroatoms. The number of esters is 1. The summed E-state index contributed by atoms with van der Waals surface area (Å²) in [6.07, 6.45) is 2.71. The van der Waals surface area contributed by atoms with Gasteiger partial charge in [0.25, 0.3) is 0 Å². The summed E-state index contributed by atoms with van der Waals surface area (Å²) < 4.78 is 26.5. The van der Waals surface area contributed by atoms with Gasteiger partial charge >= 0.3 is 5.97 Å². The number of hydrogen-bond acceptors (Lipinski definition) is 6. The van der Waals surface area contributed by atoms with Gasteiger partial charge in [-0.1, -0.05) is 0 Å². The van der Waals surface area contributed by atoms with Gasteiger partial charge in [-0.15, -0.1) is 0 Å². The summed E-state index contributed by atoms with van der Waals surface area (Å²) in [5.74, 6) is 0.179. The van der Waals surface area contributed by atoms with Crippen LogP contribution in [0, 0.1) is 5.82 Å². The highest BCUT2D eigenvalue weighted by Crippen LogP contribution is 2.29. The third kappa shape index (κ3) is 2.94. The van der Waals surface area contributed by atoms with E-state index < -0.39 is 12.1 Å². The number of halogens is 1. The molecule has 0 spiro atoms. The smallest absolute Gasteiger partial charge is 0.343 e. The van der Waals surface area contributed by atoms with Crippen molar-refractivity contribution in [2.24, 2.45) is 0 Å². The first kappa shape index (κ1) is 16.3. The highest BCUT2D eigenvalue weighted by atomic mass is 19.1. The van der Waals surface area contributed by atoms with Crippen LogP contribution in [0.1, 0.15) is 35.8 Å². The summed E-state index contributed by atoms with van der Waals surface area (Å²) in [6.45, 7) is 3.72. The lowest BCUT2D eigenvalue weighted by Gasteiger charge is -2.21. The summed E-state index contributed by atoms with van der Waals surface area (Å²) in [5.41, 5.74) is 1.31. The lowest BCUT2D eigenvalue weighted by atomic mass is 10.1. The molecule has 0 saturated carbocycles. The van der Waals surface area contributed by atoms with E-state index in [0.717, 1.165) is 0 Å². The Hall–Kier alpha value is -3.16. The van der Waals surface area contributed by atoms with Crippen molar-refractivity contribution in [2.45, 2.75) is 26.0 Å². The standard InChI is InChI=1S/C18H17FN4O3/c1-10-9-25-18(24)14-8-20-23-6-5-16(22-17(14)23)21-11(2)13-7-12(19)3-4-15(13)26-10/h3-8,10-11H,9H2,1-2H3,(H,21,22)/t10-,11-/m0/s1. The summed E-state index contributed by atoms with van der Waals surface area (Å²) in [4.78, 5) is 16.8. The van der Waals surface area contributed by atoms with Crippen molar-refractivity contribution in [2.75, 3.05) is 11.9 Å². The first-order valence-corrected chi connectivity index (χ1v) is 8.25. The fourth-order valence-corrected chi connectivity index (χ4v) is 2.88. The molecule has 7 nitrogen and oxygen atoms in total. The number of anilines is 1. The first-order chi connectivity index (χ1) is 12.5. The van der Waals surface area contributed by atoms with Gasteiger partial charge in [0.2, 0.25) is 0 Å². The Bertz CT molecular complexity index is 988. The molecule has 0 fully saturated rings. The molecule has 1 aliphatic heterocycles. The number of carbonyl (C=O) groups is 1. The first-order valence-electron chi connectivity index (χ1n) is 8.25. The number of nitrogens with one attached hydrogen (secondary N) is 1. The van der Waals surface area contributed by atoms with Crippen molar-refractivity contribution in [3.63, 3.8) is 0 Å². The number of cyclic esters (lactones) is 1. The molecule has 4 rings (SSSR count). The van der Waals surface area contributed by atoms with Crippen molar-refractivity contribution >= 4 is 17.4 Å². The van der Waals surface area contributed by atoms with Crippen molar-refractivity contribution in [3.8, 4) is 5.75 Å². The molecular formula is C18H17FN4O3. The highest BCUT2D eigenvalue weighted by molar-refractivity contribution is 5.95. The number of carbonyl (C=O) groups excluding carboxylic acids is 1. The fraction of sp³-hybridized carbons (Fsp3) is 0.278. The van der Waals surface area contributed by atoms with Gasteiger partial charge in [-0.3, -0.25) is 0 Å². The number of fused-ring (bicyclic) bond motifs is 2. The Kier molecular flexibility index (Phi) is 3.95. The summed E-state index contributed by atoms with van der Waals surface area (Å²) in [7, 11) is 0. The van der Waals surface area contributed by atoms with E-state index in [1.807, 2.05) is 6.92 Å². The van der Waals surface area contributed by atoms with Crippen LogP contribution in [0.15, 0.2) is 36.7 Å². The Balaban J connectivity index is 1.82. The quantitative estimate of drug-likeness (QED) is 0.624. The van der Waals surface area contributed by atoms with Crippen LogP contribution in [0.5, 0.6) is 5.75 Å². The lowest BCUT2D eigenvalue weighted by Crippen LogP contribution is -2.22. The third-order valence-electron chi connectivity index (χ3n) is 4.17. The predicted molar refractivity (Wildman–Crippen MR) is 91.8 cm³/mol. The molecular weight excluding hydrogens is 339 g/mol. The molecule has 3 aromatic rings. The molecule has 1 aromatic carbocycles. The Morgan fingerprint density at radius 2 is 2.15 bits per heavy atom. The molecule has 2 aromatic heterocycles. The molecule has 2 bridgehead atoms. The Morgan fingerprint density at radius 3 is 3.00 bits per heavy atom. The molecule has 2 atom stereocenters. The van der Waals surface area contributed by atoms with Crippen LogP contribution in [0.3, 0.4) is 0 Å². The van der Waals surface area contributed by atoms with E-state index in [4.69, 9.17) is 9.47 Å². The summed E-state index contributed by atoms with van der Waals surface area (Å²) in [6, 6.07) is 5.80. The van der Waals surface area contributed by atoms with Crippen molar-refractivity contribution in [1.29, 1.82) is 0 Å². The lowest BCUT2D eigenvalue weighted by molar-refractivity contribution is 0.0341. The van der Waals surface area contributed by atoms with Crippen molar-refractivity contribution in [3.05, 3.63) is 53.6 Å². The number of aromatic nitrogens is 3. The fourth-order valence-electron chi connectivity index (χ4n) is 2.88. The van der Waals surface area contributed by atoms with E-state index in [0.29, 0.717) is 22.8 Å². The minimum absolute atomic E-state index is 0.0501. The van der Waals surface area contributed by atoms with E-state index in [-0.39, 0.29) is 24.0 Å². The molecule has 134 valence electrons. The van der Waals surface area contributed by atoms with E-state index in [9.17, 15) is 9.18 Å². The average molecular weight is 356 g/mol. The van der Waals surface area contributed by atoms with Gasteiger partial charge in [-0.25, -0.2) is 18.7 Å². The van der Waals surface area contributed by atoms with Gasteiger partial charge in [-0.2, -0.15) is 5.10 Å². The third-order valence-corrected chi connectivity index (χ3v) is 4.17. The average Bonchev–Trinajstić information content (AvgIpc) is 3.03. The highest BCUT2D eigenvalue weighted by Gasteiger charge is 2.21. The molecule has 0 saturated heterocycles. The van der Waals surface area contributed by atoms with E-state index in [1.54, 1.807) is 25.3 Å². The van der Waals surface area contributed by atoms with Gasteiger partial charge in [0.15, 0.2) is 5.65 Å². The predicted octanol–water partition coefficient (Wildman–Crippen LogP) is 2.98. The minimum atomic E-state index is -0.522. The van der Waals surface area contributed by atoms with Crippen LogP contribution in [-0.2, 0) is 4.74 Å². The van der Waals surface area contributed by atoms with Crippen LogP contribution in [-0.4, -0.2) is 33.3 Å². The van der Waals surface area contributed by atoms with Crippen LogP contribution in [0.2, 0.25) is 0 Å². The minimum Gasteiger partial charge on any atom is -0.487 e. The Labute approximate surface area is 148 Å². The van der Waals surface area contributed by atoms with Crippen LogP contribution in [0.25, 0.3) is 5.65 Å². The maximum Gasteiger partial charge on any atom is 0.343 e. The molecule has 3 heterocycles. The normalized spacial score (nSPS) is 20.2. The second kappa shape index (κ2) is 6.29. The monoisotopic (exact) mass is 356 g/mol. The molecule has 26 heavy (non-hydrogen) atoms. The van der Waals surface area contributed by atoms with Gasteiger partial charge in [0, 0.05) is 11.8 Å². The number of ether oxygens (including phenoxy) is 2. The zero-order chi connectivity index (χ0) is 18.3. The van der Waals surface area contributed by atoms with Gasteiger partial charge in [0.05, 0.1) is 12.2 Å². The van der Waals surface area contributed by atoms with Crippen LogP contribution in [0.4, 0.5) is 10.2 Å². The van der Waals surface area contributed by atoms with Gasteiger partial charge < -0.3 is 14.8 Å². The second-order valence-corrected chi connectivity index (χ2v) is 6.21. The number of nitrogens with zero attached hydrogens (tertiary/aromatic N) is 3. The maximum atomic E-state index is 13.8. The molecule has 0 aliphatic carbocycles. The largest absolute Gasteiger partial charge is 0.487 e. The molecule has 0 radical (unpaired) electrons. The number of benzene rings is 1. The summed E-state index contributed by atoms with van der Waals surface area (Å²) in [5, 5.41) is 7.33.